The SMILES string of the molecule is O=Cc1cn(-c2ncccn2)nc1-c1ccco1. The minimum Gasteiger partial charge on any atom is -0.463 e. The van der Waals surface area contributed by atoms with Crippen molar-refractivity contribution in [3.8, 4) is 17.4 Å². The van der Waals surface area contributed by atoms with Crippen molar-refractivity contribution in [3.63, 3.8) is 0 Å². The topological polar surface area (TPSA) is 73.8 Å². The van der Waals surface area contributed by atoms with Gasteiger partial charge in [0.25, 0.3) is 0 Å². The average Bonchev–Trinajstić information content (AvgIpc) is 3.08. The highest BCUT2D eigenvalue weighted by molar-refractivity contribution is 5.84. The predicted octanol–water partition coefficient (Wildman–Crippen LogP) is 1.73. The Morgan fingerprint density at radius 3 is 2.72 bits per heavy atom. The molecule has 0 N–H and O–H groups in total. The summed E-state index contributed by atoms with van der Waals surface area (Å²) in [6.45, 7) is 0. The van der Waals surface area contributed by atoms with Gasteiger partial charge < -0.3 is 4.42 Å². The summed E-state index contributed by atoms with van der Waals surface area (Å²) in [6, 6.07) is 5.19. The monoisotopic (exact) mass is 240 g/mol. The maximum Gasteiger partial charge on any atom is 0.250 e. The van der Waals surface area contributed by atoms with Crippen LogP contribution in [0.4, 0.5) is 0 Å². The molecule has 0 aliphatic heterocycles. The lowest BCUT2D eigenvalue weighted by molar-refractivity contribution is 0.112. The minimum absolute atomic E-state index is 0.401. The van der Waals surface area contributed by atoms with Gasteiger partial charge in [-0.1, -0.05) is 0 Å². The lowest BCUT2D eigenvalue weighted by Crippen LogP contribution is -2.00. The van der Waals surface area contributed by atoms with Crippen LogP contribution < -0.4 is 0 Å². The number of furan rings is 1. The van der Waals surface area contributed by atoms with E-state index in [1.165, 1.54) is 10.9 Å². The van der Waals surface area contributed by atoms with Crippen LogP contribution in [0.3, 0.4) is 0 Å². The molecule has 0 spiro atoms. The Morgan fingerprint density at radius 1 is 1.22 bits per heavy atom. The van der Waals surface area contributed by atoms with Crippen LogP contribution in [0.2, 0.25) is 0 Å². The number of carbonyl (C=O) groups excluding carboxylic acids is 1. The lowest BCUT2D eigenvalue weighted by Gasteiger charge is -1.96. The van der Waals surface area contributed by atoms with Crippen molar-refractivity contribution in [1.82, 2.24) is 19.7 Å². The lowest BCUT2D eigenvalue weighted by atomic mass is 10.2. The fourth-order valence-corrected chi connectivity index (χ4v) is 1.59. The van der Waals surface area contributed by atoms with Gasteiger partial charge in [-0.05, 0) is 18.2 Å². The van der Waals surface area contributed by atoms with Crippen molar-refractivity contribution in [2.24, 2.45) is 0 Å². The molecule has 0 atom stereocenters. The van der Waals surface area contributed by atoms with Gasteiger partial charge in [0.05, 0.1) is 11.8 Å². The van der Waals surface area contributed by atoms with Crippen LogP contribution in [0, 0.1) is 0 Å². The molecule has 0 radical (unpaired) electrons. The van der Waals surface area contributed by atoms with Crippen LogP contribution >= 0.6 is 0 Å². The number of nitrogens with zero attached hydrogens (tertiary/aromatic N) is 4. The molecule has 0 amide bonds. The first kappa shape index (κ1) is 10.4. The Morgan fingerprint density at radius 2 is 2.06 bits per heavy atom. The third-order valence-electron chi connectivity index (χ3n) is 2.38. The molecule has 18 heavy (non-hydrogen) atoms. The second-order valence-corrected chi connectivity index (χ2v) is 3.52. The van der Waals surface area contributed by atoms with Crippen LogP contribution in [0.5, 0.6) is 0 Å². The highest BCUT2D eigenvalue weighted by atomic mass is 16.3. The number of aldehydes is 1. The summed E-state index contributed by atoms with van der Waals surface area (Å²) in [5, 5.41) is 4.26. The Balaban J connectivity index is 2.12. The number of carbonyl (C=O) groups is 1. The highest BCUT2D eigenvalue weighted by Crippen LogP contribution is 2.21. The summed E-state index contributed by atoms with van der Waals surface area (Å²) in [5.41, 5.74) is 0.903. The molecule has 88 valence electrons. The van der Waals surface area contributed by atoms with Crippen molar-refractivity contribution in [2.75, 3.05) is 0 Å². The molecule has 0 aliphatic rings. The van der Waals surface area contributed by atoms with E-state index in [9.17, 15) is 4.79 Å². The largest absolute Gasteiger partial charge is 0.463 e. The summed E-state index contributed by atoms with van der Waals surface area (Å²) >= 11 is 0. The van der Waals surface area contributed by atoms with Crippen LogP contribution in [0.1, 0.15) is 10.4 Å². The standard InChI is InChI=1S/C12H8N4O2/c17-8-9-7-16(12-13-4-2-5-14-12)15-11(9)10-3-1-6-18-10/h1-8H. The number of rotatable bonds is 3. The molecule has 0 fully saturated rings. The van der Waals surface area contributed by atoms with Crippen LogP contribution in [-0.4, -0.2) is 26.0 Å². The fraction of sp³-hybridized carbons (Fsp3) is 0. The predicted molar refractivity (Wildman–Crippen MR) is 62.2 cm³/mol. The first-order valence-electron chi connectivity index (χ1n) is 5.24. The maximum atomic E-state index is 11.0. The molecular weight excluding hydrogens is 232 g/mol. The van der Waals surface area contributed by atoms with E-state index in [2.05, 4.69) is 15.1 Å². The molecule has 0 bridgehead atoms. The van der Waals surface area contributed by atoms with Crippen LogP contribution in [-0.2, 0) is 0 Å². The van der Waals surface area contributed by atoms with E-state index in [1.807, 2.05) is 0 Å². The molecule has 0 saturated heterocycles. The first-order chi connectivity index (χ1) is 8.88. The molecule has 0 saturated carbocycles. The zero-order valence-electron chi connectivity index (χ0n) is 9.22. The van der Waals surface area contributed by atoms with Gasteiger partial charge >= 0.3 is 0 Å². The average molecular weight is 240 g/mol. The van der Waals surface area contributed by atoms with E-state index in [1.54, 1.807) is 36.8 Å². The molecule has 6 nitrogen and oxygen atoms in total. The number of aromatic nitrogens is 4. The Hall–Kier alpha value is -2.76. The molecule has 0 unspecified atom stereocenters. The van der Waals surface area contributed by atoms with E-state index >= 15 is 0 Å². The smallest absolute Gasteiger partial charge is 0.250 e. The summed E-state index contributed by atoms with van der Waals surface area (Å²) in [4.78, 5) is 19.2. The van der Waals surface area contributed by atoms with Gasteiger partial charge in [-0.3, -0.25) is 4.79 Å². The normalized spacial score (nSPS) is 10.4. The van der Waals surface area contributed by atoms with Gasteiger partial charge in [0.15, 0.2) is 12.0 Å². The van der Waals surface area contributed by atoms with Gasteiger partial charge in [-0.25, -0.2) is 14.6 Å². The third kappa shape index (κ3) is 1.69. The van der Waals surface area contributed by atoms with Crippen LogP contribution in [0.25, 0.3) is 17.4 Å². The van der Waals surface area contributed by atoms with E-state index in [4.69, 9.17) is 4.42 Å². The molecule has 3 heterocycles. The molecule has 3 rings (SSSR count). The van der Waals surface area contributed by atoms with Crippen molar-refractivity contribution in [1.29, 1.82) is 0 Å². The summed E-state index contributed by atoms with van der Waals surface area (Å²) in [7, 11) is 0. The van der Waals surface area contributed by atoms with Crippen molar-refractivity contribution in [2.45, 2.75) is 0 Å². The number of hydrogen-bond donors (Lipinski definition) is 0. The molecule has 3 aromatic heterocycles. The highest BCUT2D eigenvalue weighted by Gasteiger charge is 2.14. The summed E-state index contributed by atoms with van der Waals surface area (Å²) in [5.74, 6) is 0.935. The summed E-state index contributed by atoms with van der Waals surface area (Å²) < 4.78 is 6.68. The van der Waals surface area contributed by atoms with Crippen molar-refractivity contribution in [3.05, 3.63) is 48.6 Å². The second-order valence-electron chi connectivity index (χ2n) is 3.52. The van der Waals surface area contributed by atoms with Gasteiger partial charge in [0.2, 0.25) is 5.95 Å². The summed E-state index contributed by atoms with van der Waals surface area (Å²) in [6.07, 6.45) is 7.04. The molecule has 6 heteroatoms. The van der Waals surface area contributed by atoms with Gasteiger partial charge in [0.1, 0.15) is 5.69 Å². The molecular formula is C12H8N4O2. The second kappa shape index (κ2) is 4.25. The third-order valence-corrected chi connectivity index (χ3v) is 2.38. The Kier molecular flexibility index (Phi) is 2.45. The van der Waals surface area contributed by atoms with Crippen molar-refractivity contribution >= 4 is 6.29 Å². The fourth-order valence-electron chi connectivity index (χ4n) is 1.59. The first-order valence-corrected chi connectivity index (χ1v) is 5.24. The zero-order valence-corrected chi connectivity index (χ0v) is 9.22. The Labute approximate surface area is 102 Å². The molecule has 0 aliphatic carbocycles. The quantitative estimate of drug-likeness (QED) is 0.652. The van der Waals surface area contributed by atoms with E-state index in [0.717, 1.165) is 6.29 Å². The minimum atomic E-state index is 0.401. The van der Waals surface area contributed by atoms with Gasteiger partial charge in [0, 0.05) is 18.6 Å². The van der Waals surface area contributed by atoms with Crippen LogP contribution in [0.15, 0.2) is 47.5 Å². The Bertz CT molecular complexity index is 659. The number of hydrogen-bond acceptors (Lipinski definition) is 5. The maximum absolute atomic E-state index is 11.0. The van der Waals surface area contributed by atoms with Crippen molar-refractivity contribution < 1.29 is 9.21 Å². The zero-order chi connectivity index (χ0) is 12.4. The van der Waals surface area contributed by atoms with E-state index in [0.29, 0.717) is 23.0 Å². The van der Waals surface area contributed by atoms with Gasteiger partial charge in [-0.15, -0.1) is 0 Å². The van der Waals surface area contributed by atoms with E-state index < -0.39 is 0 Å². The van der Waals surface area contributed by atoms with Gasteiger partial charge in [-0.2, -0.15) is 5.10 Å². The molecule has 3 aromatic rings. The van der Waals surface area contributed by atoms with E-state index in [-0.39, 0.29) is 0 Å². The molecule has 0 aromatic carbocycles.